The van der Waals surface area contributed by atoms with E-state index < -0.39 is 4.30 Å². The van der Waals surface area contributed by atoms with E-state index in [0.29, 0.717) is 0 Å². The molecule has 0 aromatic carbocycles. The van der Waals surface area contributed by atoms with Crippen LogP contribution in [0.5, 0.6) is 0 Å². The molecular weight excluding hydrogens is 282 g/mol. The highest BCUT2D eigenvalue weighted by atomic mass is 35.6. The molecule has 7 heteroatoms. The van der Waals surface area contributed by atoms with Crippen LogP contribution in [0.2, 0.25) is 0 Å². The molecule has 4 heterocycles. The van der Waals surface area contributed by atoms with Crippen LogP contribution in [0.1, 0.15) is 0 Å². The van der Waals surface area contributed by atoms with Gasteiger partial charge in [0.25, 0.3) is 0 Å². The van der Waals surface area contributed by atoms with E-state index in [1.165, 1.54) is 52.4 Å². The minimum Gasteiger partial charge on any atom is -0.314 e. The summed E-state index contributed by atoms with van der Waals surface area (Å²) in [6, 6.07) is 0. The topological polar surface area (TPSA) is 31.0 Å². The average molecular weight is 302 g/mol. The van der Waals surface area contributed by atoms with Crippen molar-refractivity contribution in [2.45, 2.75) is 10.6 Å². The molecule has 0 amide bonds. The molecule has 0 aliphatic carbocycles. The summed E-state index contributed by atoms with van der Waals surface area (Å²) >= 11 is 14.4. The minimum absolute atomic E-state index is 0.722. The fourth-order valence-electron chi connectivity index (χ4n) is 1.56. The lowest BCUT2D eigenvalue weighted by Crippen LogP contribution is -2.35. The second-order valence-electron chi connectivity index (χ2n) is 4.45. The summed E-state index contributed by atoms with van der Waals surface area (Å²) in [5.41, 5.74) is 0. The van der Waals surface area contributed by atoms with Crippen LogP contribution in [0.3, 0.4) is 0 Å². The monoisotopic (exact) mass is 300 g/mol. The summed E-state index contributed by atoms with van der Waals surface area (Å²) < 4.78 is -0.750. The van der Waals surface area contributed by atoms with Crippen LogP contribution in [-0.2, 0) is 0 Å². The van der Waals surface area contributed by atoms with Gasteiger partial charge in [-0.05, 0) is 0 Å². The summed E-state index contributed by atoms with van der Waals surface area (Å²) in [6.45, 7) is 10.5. The van der Waals surface area contributed by atoms with Crippen LogP contribution in [0.15, 0.2) is 0 Å². The van der Waals surface area contributed by atoms with Gasteiger partial charge in [0.05, 0.1) is 0 Å². The van der Waals surface area contributed by atoms with Crippen molar-refractivity contribution in [2.75, 3.05) is 52.4 Å². The first kappa shape index (κ1) is 14.1. The fraction of sp³-hybridized carbons (Fsp3) is 1.00. The van der Waals surface area contributed by atoms with Gasteiger partial charge in [-0.25, -0.2) is 0 Å². The maximum absolute atomic E-state index is 4.81. The van der Waals surface area contributed by atoms with Gasteiger partial charge in [0.1, 0.15) is 6.29 Å². The van der Waals surface area contributed by atoms with Gasteiger partial charge in [-0.1, -0.05) is 34.8 Å². The molecule has 0 saturated carbocycles. The van der Waals surface area contributed by atoms with Crippen molar-refractivity contribution in [2.24, 2.45) is 0 Å². The summed E-state index contributed by atoms with van der Waals surface area (Å²) in [5, 5.41) is 3.00. The van der Waals surface area contributed by atoms with Crippen molar-refractivity contribution in [3.8, 4) is 0 Å². The van der Waals surface area contributed by atoms with E-state index >= 15 is 0 Å². The highest BCUT2D eigenvalue weighted by Crippen LogP contribution is 2.27. The first-order valence-corrected chi connectivity index (χ1v) is 7.34. The van der Waals surface area contributed by atoms with E-state index in [1.807, 2.05) is 0 Å². The molecular formula is C10H19Cl3N4. The standard InChI is InChI=1S/C7H13N3.C2H5N.CHCl3/c1-2-8(1)7(9-3-4-9)10-5-6-10;1-2-3-1;2-1(3)4/h7H,1-6H2;3H,1-2H2;1H. The third-order valence-corrected chi connectivity index (χ3v) is 2.68. The molecule has 4 nitrogen and oxygen atoms in total. The Morgan fingerprint density at radius 2 is 0.941 bits per heavy atom. The van der Waals surface area contributed by atoms with Crippen LogP contribution in [0.4, 0.5) is 0 Å². The van der Waals surface area contributed by atoms with Crippen molar-refractivity contribution in [3.63, 3.8) is 0 Å². The molecule has 0 aromatic rings. The van der Waals surface area contributed by atoms with Gasteiger partial charge in [-0.15, -0.1) is 0 Å². The van der Waals surface area contributed by atoms with Crippen molar-refractivity contribution in [1.29, 1.82) is 0 Å². The second kappa shape index (κ2) is 6.75. The Hall–Kier alpha value is 0.710. The summed E-state index contributed by atoms with van der Waals surface area (Å²) in [4.78, 5) is 7.63. The van der Waals surface area contributed by atoms with Gasteiger partial charge >= 0.3 is 0 Å². The quantitative estimate of drug-likeness (QED) is 0.617. The van der Waals surface area contributed by atoms with E-state index in [-0.39, 0.29) is 0 Å². The summed E-state index contributed by atoms with van der Waals surface area (Å²) in [7, 11) is 0. The van der Waals surface area contributed by atoms with Crippen LogP contribution in [-0.4, -0.2) is 77.6 Å². The molecule has 0 radical (unpaired) electrons. The minimum atomic E-state index is -0.750. The van der Waals surface area contributed by atoms with Crippen molar-refractivity contribution in [3.05, 3.63) is 0 Å². The van der Waals surface area contributed by atoms with Gasteiger partial charge in [0, 0.05) is 52.4 Å². The molecule has 4 aliphatic rings. The Labute approximate surface area is 118 Å². The van der Waals surface area contributed by atoms with Gasteiger partial charge in [-0.3, -0.25) is 14.7 Å². The zero-order valence-corrected chi connectivity index (χ0v) is 12.1. The number of hydrogen-bond acceptors (Lipinski definition) is 4. The Morgan fingerprint density at radius 1 is 0.706 bits per heavy atom. The largest absolute Gasteiger partial charge is 0.314 e. The zero-order chi connectivity index (χ0) is 12.3. The predicted molar refractivity (Wildman–Crippen MR) is 72.7 cm³/mol. The summed E-state index contributed by atoms with van der Waals surface area (Å²) in [6.07, 6.45) is 0.722. The third kappa shape index (κ3) is 7.01. The van der Waals surface area contributed by atoms with E-state index in [4.69, 9.17) is 34.8 Å². The van der Waals surface area contributed by atoms with Gasteiger partial charge in [-0.2, -0.15) is 0 Å². The average Bonchev–Trinajstić information content (AvgIpc) is 3.02. The molecule has 0 unspecified atom stereocenters. The Bertz CT molecular complexity index is 194. The number of hydrogen-bond donors (Lipinski definition) is 1. The van der Waals surface area contributed by atoms with Crippen molar-refractivity contribution < 1.29 is 0 Å². The van der Waals surface area contributed by atoms with Crippen LogP contribution in [0.25, 0.3) is 0 Å². The predicted octanol–water partition coefficient (Wildman–Crippen LogP) is 0.793. The van der Waals surface area contributed by atoms with E-state index in [0.717, 1.165) is 6.29 Å². The molecule has 100 valence electrons. The normalized spacial score (nSPS) is 25.9. The highest BCUT2D eigenvalue weighted by molar-refractivity contribution is 6.63. The Morgan fingerprint density at radius 3 is 1.06 bits per heavy atom. The number of nitrogens with one attached hydrogen (secondary N) is 1. The number of halogens is 3. The smallest absolute Gasteiger partial charge is 0.180 e. The van der Waals surface area contributed by atoms with E-state index in [9.17, 15) is 0 Å². The lowest BCUT2D eigenvalue weighted by atomic mass is 10.7. The van der Waals surface area contributed by atoms with E-state index in [2.05, 4.69) is 20.0 Å². The van der Waals surface area contributed by atoms with Gasteiger partial charge in [0.2, 0.25) is 0 Å². The fourth-order valence-corrected chi connectivity index (χ4v) is 1.56. The Kier molecular flexibility index (Phi) is 5.61. The maximum atomic E-state index is 4.81. The molecule has 0 atom stereocenters. The molecule has 0 spiro atoms. The first-order chi connectivity index (χ1) is 8.18. The maximum Gasteiger partial charge on any atom is 0.180 e. The lowest BCUT2D eigenvalue weighted by Gasteiger charge is -2.19. The lowest BCUT2D eigenvalue weighted by molar-refractivity contribution is 0.133. The first-order valence-electron chi connectivity index (χ1n) is 6.03. The molecule has 17 heavy (non-hydrogen) atoms. The summed E-state index contributed by atoms with van der Waals surface area (Å²) in [5.74, 6) is 0. The number of rotatable bonds is 3. The van der Waals surface area contributed by atoms with Gasteiger partial charge in [0.15, 0.2) is 4.30 Å². The second-order valence-corrected chi connectivity index (χ2v) is 6.43. The van der Waals surface area contributed by atoms with Crippen LogP contribution in [0, 0.1) is 0 Å². The molecule has 0 bridgehead atoms. The number of alkyl halides is 3. The van der Waals surface area contributed by atoms with Crippen LogP contribution < -0.4 is 5.32 Å². The highest BCUT2D eigenvalue weighted by Gasteiger charge is 2.44. The van der Waals surface area contributed by atoms with Crippen molar-refractivity contribution in [1.82, 2.24) is 20.0 Å². The van der Waals surface area contributed by atoms with Crippen molar-refractivity contribution >= 4 is 34.8 Å². The molecule has 1 N–H and O–H groups in total. The van der Waals surface area contributed by atoms with Crippen LogP contribution >= 0.6 is 34.8 Å². The molecule has 4 rings (SSSR count). The SMILES string of the molecule is C1CN1.C1CN1C(N1CC1)N1CC1.ClC(Cl)Cl. The molecule has 4 aliphatic heterocycles. The Balaban J connectivity index is 0.000000130. The number of nitrogens with zero attached hydrogens (tertiary/aromatic N) is 3. The van der Waals surface area contributed by atoms with E-state index in [1.54, 1.807) is 0 Å². The molecule has 0 aromatic heterocycles. The third-order valence-electron chi connectivity index (χ3n) is 2.68. The van der Waals surface area contributed by atoms with Gasteiger partial charge < -0.3 is 5.32 Å². The molecule has 4 fully saturated rings. The zero-order valence-electron chi connectivity index (χ0n) is 9.79. The molecule has 4 saturated heterocycles.